The molecule has 2 saturated heterocycles. The lowest BCUT2D eigenvalue weighted by Crippen LogP contribution is -2.58. The van der Waals surface area contributed by atoms with Gasteiger partial charge in [0.2, 0.25) is 0 Å². The lowest BCUT2D eigenvalue weighted by molar-refractivity contribution is -0.272. The third-order valence-corrected chi connectivity index (χ3v) is 13.0. The molecule has 6 aliphatic rings. The second-order valence-electron chi connectivity index (χ2n) is 14.7. The summed E-state index contributed by atoms with van der Waals surface area (Å²) in [7, 11) is 0. The molecule has 0 amide bonds. The zero-order valence-electron chi connectivity index (χ0n) is 24.2. The van der Waals surface area contributed by atoms with Gasteiger partial charge in [-0.1, -0.05) is 45.9 Å². The lowest BCUT2D eigenvalue weighted by Gasteiger charge is -2.60. The smallest absolute Gasteiger partial charge is 0.338 e. The molecule has 5 heteroatoms. The number of carbonyl (C=O) groups is 2. The van der Waals surface area contributed by atoms with Crippen LogP contribution in [0.3, 0.4) is 0 Å². The van der Waals surface area contributed by atoms with E-state index >= 15 is 0 Å². The Balaban J connectivity index is 1.08. The van der Waals surface area contributed by atoms with Gasteiger partial charge >= 0.3 is 5.97 Å². The summed E-state index contributed by atoms with van der Waals surface area (Å²) >= 11 is 0. The molecule has 0 unspecified atom stereocenters. The summed E-state index contributed by atoms with van der Waals surface area (Å²) in [4.78, 5) is 27.0. The summed E-state index contributed by atoms with van der Waals surface area (Å²) in [5, 5.41) is 0. The Morgan fingerprint density at radius 1 is 0.974 bits per heavy atom. The highest BCUT2D eigenvalue weighted by molar-refractivity contribution is 5.89. The summed E-state index contributed by atoms with van der Waals surface area (Å²) in [5.74, 6) is 2.84. The molecule has 2 aliphatic heterocycles. The quantitative estimate of drug-likeness (QED) is 0.389. The number of hydrogen-bond donors (Lipinski definition) is 0. The van der Waals surface area contributed by atoms with E-state index < -0.39 is 5.79 Å². The van der Waals surface area contributed by atoms with E-state index in [1.54, 1.807) is 0 Å². The first-order chi connectivity index (χ1) is 18.7. The van der Waals surface area contributed by atoms with Crippen LogP contribution in [0.25, 0.3) is 0 Å². The van der Waals surface area contributed by atoms with Crippen molar-refractivity contribution in [3.63, 3.8) is 0 Å². The second-order valence-corrected chi connectivity index (χ2v) is 14.7. The van der Waals surface area contributed by atoms with Crippen LogP contribution >= 0.6 is 0 Å². The highest BCUT2D eigenvalue weighted by Crippen LogP contribution is 2.70. The summed E-state index contributed by atoms with van der Waals surface area (Å²) in [6.07, 6.45) is 9.17. The molecule has 4 aliphatic carbocycles. The van der Waals surface area contributed by atoms with Crippen molar-refractivity contribution in [3.05, 3.63) is 35.9 Å². The molecule has 1 aromatic rings. The molecule has 12 atom stereocenters. The van der Waals surface area contributed by atoms with Gasteiger partial charge in [-0.25, -0.2) is 4.79 Å². The van der Waals surface area contributed by atoms with Crippen LogP contribution in [0.5, 0.6) is 0 Å². The van der Waals surface area contributed by atoms with Crippen molar-refractivity contribution in [1.29, 1.82) is 0 Å². The third kappa shape index (κ3) is 3.77. The van der Waals surface area contributed by atoms with Crippen molar-refractivity contribution >= 4 is 11.8 Å². The van der Waals surface area contributed by atoms with Crippen LogP contribution in [0.4, 0.5) is 0 Å². The molecule has 212 valence electrons. The highest BCUT2D eigenvalue weighted by Gasteiger charge is 2.71. The van der Waals surface area contributed by atoms with E-state index in [1.165, 1.54) is 12.8 Å². The normalized spacial score (nSPS) is 50.6. The Hall–Kier alpha value is -1.72. The molecule has 6 fully saturated rings. The zero-order chi connectivity index (χ0) is 27.2. The Kier molecular flexibility index (Phi) is 6.14. The molecular weight excluding hydrogens is 488 g/mol. The standard InChI is InChI=1S/C34H46O5/c1-20-12-15-34(37-19-20)21(2)30-28(39-34)17-27-25-11-10-23-16-24(38-31(36)22-8-6-5-7-9-22)13-14-32(23,3)26(25)18-29(35)33(27,30)4/h5-9,20-21,23-28,30H,10-19H2,1-4H3/t20-,21+,23+,24-,25-,26+,27-,28+,30+,32+,33-,34-/m1/s1. The minimum Gasteiger partial charge on any atom is -0.459 e. The zero-order valence-corrected chi connectivity index (χ0v) is 24.2. The first kappa shape index (κ1) is 26.2. The van der Waals surface area contributed by atoms with Crippen molar-refractivity contribution in [2.75, 3.05) is 6.61 Å². The van der Waals surface area contributed by atoms with Gasteiger partial charge in [0.15, 0.2) is 5.79 Å². The number of benzene rings is 1. The Morgan fingerprint density at radius 2 is 1.77 bits per heavy atom. The fourth-order valence-electron chi connectivity index (χ4n) is 10.8. The number of rotatable bonds is 2. The van der Waals surface area contributed by atoms with Crippen molar-refractivity contribution in [1.82, 2.24) is 0 Å². The minimum absolute atomic E-state index is 0.0219. The fraction of sp³-hybridized carbons (Fsp3) is 0.765. The van der Waals surface area contributed by atoms with Gasteiger partial charge in [-0.3, -0.25) is 4.79 Å². The van der Waals surface area contributed by atoms with Gasteiger partial charge in [0.1, 0.15) is 11.9 Å². The Labute approximate surface area is 233 Å². The first-order valence-corrected chi connectivity index (χ1v) is 15.8. The average molecular weight is 535 g/mol. The van der Waals surface area contributed by atoms with Gasteiger partial charge in [-0.2, -0.15) is 0 Å². The molecular formula is C34H46O5. The fourth-order valence-corrected chi connectivity index (χ4v) is 10.8. The molecule has 0 N–H and O–H groups in total. The summed E-state index contributed by atoms with van der Waals surface area (Å²) in [5.41, 5.74) is 0.473. The number of esters is 1. The van der Waals surface area contributed by atoms with Crippen molar-refractivity contribution in [2.45, 2.75) is 103 Å². The number of ether oxygens (including phenoxy) is 3. The Morgan fingerprint density at radius 3 is 2.51 bits per heavy atom. The van der Waals surface area contributed by atoms with Gasteiger partial charge in [0.25, 0.3) is 0 Å². The molecule has 0 aromatic heterocycles. The summed E-state index contributed by atoms with van der Waals surface area (Å²) in [6, 6.07) is 9.35. The first-order valence-electron chi connectivity index (χ1n) is 15.8. The SMILES string of the molecule is C[C@@H]1CC[C@@]2(OC1)O[C@H]1C[C@@H]3[C@@H]4CC[C@H]5C[C@H](OC(=O)c6ccccc6)CC[C@]5(C)[C@H]4CC(=O)[C@]3(C)[C@H]1[C@@H]2C. The second kappa shape index (κ2) is 9.14. The van der Waals surface area contributed by atoms with E-state index in [-0.39, 0.29) is 40.8 Å². The monoisotopic (exact) mass is 534 g/mol. The van der Waals surface area contributed by atoms with E-state index in [0.29, 0.717) is 47.4 Å². The number of Topliss-reactive ketones (excluding diaryl/α,β-unsaturated/α-hetero) is 1. The van der Waals surface area contributed by atoms with Crippen LogP contribution in [0.15, 0.2) is 30.3 Å². The van der Waals surface area contributed by atoms with Crippen LogP contribution in [0.2, 0.25) is 0 Å². The van der Waals surface area contributed by atoms with Crippen LogP contribution in [-0.2, 0) is 19.0 Å². The molecule has 7 rings (SSSR count). The van der Waals surface area contributed by atoms with Gasteiger partial charge in [-0.05, 0) is 92.1 Å². The molecule has 1 aromatic carbocycles. The number of ketones is 1. The average Bonchev–Trinajstić information content (AvgIpc) is 3.38. The van der Waals surface area contributed by atoms with E-state index in [9.17, 15) is 9.59 Å². The lowest BCUT2D eigenvalue weighted by atomic mass is 9.44. The van der Waals surface area contributed by atoms with Crippen LogP contribution < -0.4 is 0 Å². The molecule has 0 radical (unpaired) electrons. The van der Waals surface area contributed by atoms with Gasteiger partial charge in [0, 0.05) is 30.1 Å². The third-order valence-electron chi connectivity index (χ3n) is 13.0. The van der Waals surface area contributed by atoms with Crippen LogP contribution in [0.1, 0.15) is 95.8 Å². The van der Waals surface area contributed by atoms with Crippen molar-refractivity contribution in [3.8, 4) is 0 Å². The summed E-state index contributed by atoms with van der Waals surface area (Å²) in [6.45, 7) is 10.1. The topological polar surface area (TPSA) is 61.8 Å². The highest BCUT2D eigenvalue weighted by atomic mass is 16.7. The molecule has 4 saturated carbocycles. The summed E-state index contributed by atoms with van der Waals surface area (Å²) < 4.78 is 19.3. The van der Waals surface area contributed by atoms with Crippen molar-refractivity contribution in [2.24, 2.45) is 52.3 Å². The maximum absolute atomic E-state index is 14.3. The van der Waals surface area contributed by atoms with Crippen molar-refractivity contribution < 1.29 is 23.8 Å². The molecule has 39 heavy (non-hydrogen) atoms. The maximum atomic E-state index is 14.3. The van der Waals surface area contributed by atoms with Gasteiger partial charge in [-0.15, -0.1) is 0 Å². The predicted molar refractivity (Wildman–Crippen MR) is 148 cm³/mol. The Bertz CT molecular complexity index is 1120. The predicted octanol–water partition coefficient (Wildman–Crippen LogP) is 6.84. The van der Waals surface area contributed by atoms with E-state index in [4.69, 9.17) is 14.2 Å². The number of hydrogen-bond acceptors (Lipinski definition) is 5. The number of carbonyl (C=O) groups excluding carboxylic acids is 2. The van der Waals surface area contributed by atoms with Crippen LogP contribution in [-0.4, -0.2) is 36.4 Å². The molecule has 1 spiro atoms. The largest absolute Gasteiger partial charge is 0.459 e. The van der Waals surface area contributed by atoms with Crippen LogP contribution in [0, 0.1) is 52.3 Å². The maximum Gasteiger partial charge on any atom is 0.338 e. The molecule has 5 nitrogen and oxygen atoms in total. The minimum atomic E-state index is -0.480. The van der Waals surface area contributed by atoms with E-state index in [1.807, 2.05) is 30.3 Å². The number of fused-ring (bicyclic) bond motifs is 7. The van der Waals surface area contributed by atoms with Gasteiger partial charge in [0.05, 0.1) is 18.3 Å². The molecule has 2 heterocycles. The van der Waals surface area contributed by atoms with E-state index in [0.717, 1.165) is 45.1 Å². The van der Waals surface area contributed by atoms with E-state index in [2.05, 4.69) is 27.7 Å². The molecule has 0 bridgehead atoms. The van der Waals surface area contributed by atoms with Gasteiger partial charge < -0.3 is 14.2 Å².